The van der Waals surface area contributed by atoms with Gasteiger partial charge in [-0.2, -0.15) is 0 Å². The summed E-state index contributed by atoms with van der Waals surface area (Å²) in [5.74, 6) is -0.266. The fourth-order valence-corrected chi connectivity index (χ4v) is 2.54. The van der Waals surface area contributed by atoms with Crippen LogP contribution in [0.15, 0.2) is 65.3 Å². The first-order chi connectivity index (χ1) is 13.0. The first kappa shape index (κ1) is 18.8. The zero-order valence-electron chi connectivity index (χ0n) is 13.9. The summed E-state index contributed by atoms with van der Waals surface area (Å²) in [7, 11) is 0. The predicted molar refractivity (Wildman–Crippen MR) is 104 cm³/mol. The Morgan fingerprint density at radius 3 is 2.48 bits per heavy atom. The average molecular weight is 405 g/mol. The second-order valence-electron chi connectivity index (χ2n) is 5.42. The SMILES string of the molecule is O=C(COc1cc(Cl)ccc1Cl)Nc1cccc(NC(=O)c2ccco2)c1. The van der Waals surface area contributed by atoms with Crippen molar-refractivity contribution >= 4 is 46.4 Å². The van der Waals surface area contributed by atoms with Crippen LogP contribution in [0.4, 0.5) is 11.4 Å². The summed E-state index contributed by atoms with van der Waals surface area (Å²) in [4.78, 5) is 24.1. The number of anilines is 2. The molecule has 2 amide bonds. The first-order valence-corrected chi connectivity index (χ1v) is 8.59. The molecule has 0 aliphatic rings. The number of rotatable bonds is 6. The highest BCUT2D eigenvalue weighted by Crippen LogP contribution is 2.27. The summed E-state index contributed by atoms with van der Waals surface area (Å²) in [5, 5.41) is 6.17. The van der Waals surface area contributed by atoms with Crippen molar-refractivity contribution in [1.29, 1.82) is 0 Å². The number of nitrogens with one attached hydrogen (secondary N) is 2. The minimum Gasteiger partial charge on any atom is -0.482 e. The van der Waals surface area contributed by atoms with Gasteiger partial charge in [-0.25, -0.2) is 0 Å². The van der Waals surface area contributed by atoms with Crippen molar-refractivity contribution < 1.29 is 18.7 Å². The van der Waals surface area contributed by atoms with Gasteiger partial charge < -0.3 is 19.8 Å². The second kappa shape index (κ2) is 8.62. The molecule has 6 nitrogen and oxygen atoms in total. The zero-order valence-corrected chi connectivity index (χ0v) is 15.4. The highest BCUT2D eigenvalue weighted by atomic mass is 35.5. The molecule has 3 aromatic rings. The number of ether oxygens (including phenoxy) is 1. The Labute approximate surface area is 165 Å². The third-order valence-electron chi connectivity index (χ3n) is 3.40. The number of amides is 2. The fourth-order valence-electron chi connectivity index (χ4n) is 2.20. The molecule has 0 spiro atoms. The lowest BCUT2D eigenvalue weighted by Gasteiger charge is -2.10. The van der Waals surface area contributed by atoms with Gasteiger partial charge in [0.1, 0.15) is 5.75 Å². The first-order valence-electron chi connectivity index (χ1n) is 7.84. The summed E-state index contributed by atoms with van der Waals surface area (Å²) in [6.45, 7) is -0.247. The topological polar surface area (TPSA) is 80.6 Å². The normalized spacial score (nSPS) is 10.3. The molecule has 0 atom stereocenters. The summed E-state index contributed by atoms with van der Waals surface area (Å²) in [6, 6.07) is 14.6. The van der Waals surface area contributed by atoms with Gasteiger partial charge in [0, 0.05) is 22.5 Å². The van der Waals surface area contributed by atoms with E-state index in [-0.39, 0.29) is 24.2 Å². The third kappa shape index (κ3) is 5.26. The van der Waals surface area contributed by atoms with E-state index >= 15 is 0 Å². The van der Waals surface area contributed by atoms with Gasteiger partial charge in [0.05, 0.1) is 11.3 Å². The van der Waals surface area contributed by atoms with Crippen molar-refractivity contribution in [2.45, 2.75) is 0 Å². The largest absolute Gasteiger partial charge is 0.482 e. The average Bonchev–Trinajstić information content (AvgIpc) is 3.18. The van der Waals surface area contributed by atoms with Crippen molar-refractivity contribution in [2.24, 2.45) is 0 Å². The van der Waals surface area contributed by atoms with E-state index in [9.17, 15) is 9.59 Å². The summed E-state index contributed by atoms with van der Waals surface area (Å²) >= 11 is 11.9. The molecule has 8 heteroatoms. The molecule has 138 valence electrons. The highest BCUT2D eigenvalue weighted by Gasteiger charge is 2.10. The molecule has 2 N–H and O–H groups in total. The number of benzene rings is 2. The van der Waals surface area contributed by atoms with E-state index in [1.54, 1.807) is 48.5 Å². The van der Waals surface area contributed by atoms with Crippen molar-refractivity contribution in [3.8, 4) is 5.75 Å². The van der Waals surface area contributed by atoms with Gasteiger partial charge in [0.15, 0.2) is 12.4 Å². The fraction of sp³-hybridized carbons (Fsp3) is 0.0526. The van der Waals surface area contributed by atoms with Crippen LogP contribution in [0.3, 0.4) is 0 Å². The molecule has 0 fully saturated rings. The maximum Gasteiger partial charge on any atom is 0.291 e. The maximum absolute atomic E-state index is 12.1. The summed E-state index contributed by atoms with van der Waals surface area (Å²) in [6.07, 6.45) is 1.41. The van der Waals surface area contributed by atoms with Crippen LogP contribution in [-0.2, 0) is 4.79 Å². The lowest BCUT2D eigenvalue weighted by molar-refractivity contribution is -0.118. The number of hydrogen-bond donors (Lipinski definition) is 2. The molecule has 0 bridgehead atoms. The van der Waals surface area contributed by atoms with E-state index in [2.05, 4.69) is 10.6 Å². The van der Waals surface area contributed by atoms with E-state index < -0.39 is 0 Å². The minimum absolute atomic E-state index is 0.191. The van der Waals surface area contributed by atoms with E-state index in [0.29, 0.717) is 27.2 Å². The Kier molecular flexibility index (Phi) is 6.01. The minimum atomic E-state index is -0.388. The van der Waals surface area contributed by atoms with Gasteiger partial charge >= 0.3 is 0 Å². The van der Waals surface area contributed by atoms with Gasteiger partial charge in [0.25, 0.3) is 11.8 Å². The van der Waals surface area contributed by atoms with Crippen LogP contribution in [0.1, 0.15) is 10.6 Å². The van der Waals surface area contributed by atoms with Gasteiger partial charge in [0.2, 0.25) is 0 Å². The second-order valence-corrected chi connectivity index (χ2v) is 6.27. The molecular weight excluding hydrogens is 391 g/mol. The van der Waals surface area contributed by atoms with Gasteiger partial charge in [-0.1, -0.05) is 29.3 Å². The summed E-state index contributed by atoms with van der Waals surface area (Å²) in [5.41, 5.74) is 1.01. The molecule has 0 saturated heterocycles. The van der Waals surface area contributed by atoms with Crippen molar-refractivity contribution in [3.63, 3.8) is 0 Å². The zero-order chi connectivity index (χ0) is 19.2. The van der Waals surface area contributed by atoms with E-state index in [4.69, 9.17) is 32.4 Å². The highest BCUT2D eigenvalue weighted by molar-refractivity contribution is 6.34. The molecule has 1 aromatic heterocycles. The molecule has 27 heavy (non-hydrogen) atoms. The van der Waals surface area contributed by atoms with E-state index in [1.807, 2.05) is 0 Å². The van der Waals surface area contributed by atoms with Gasteiger partial charge in [-0.15, -0.1) is 0 Å². The Balaban J connectivity index is 1.58. The van der Waals surface area contributed by atoms with Gasteiger partial charge in [-0.05, 0) is 42.5 Å². The number of halogens is 2. The molecule has 0 radical (unpaired) electrons. The van der Waals surface area contributed by atoms with Crippen LogP contribution < -0.4 is 15.4 Å². The molecule has 2 aromatic carbocycles. The van der Waals surface area contributed by atoms with Crippen molar-refractivity contribution in [3.05, 3.63) is 76.7 Å². The molecule has 0 aliphatic heterocycles. The monoisotopic (exact) mass is 404 g/mol. The van der Waals surface area contributed by atoms with Crippen LogP contribution in [-0.4, -0.2) is 18.4 Å². The number of hydrogen-bond acceptors (Lipinski definition) is 4. The Morgan fingerprint density at radius 2 is 1.74 bits per heavy atom. The van der Waals surface area contributed by atoms with E-state index in [1.165, 1.54) is 12.3 Å². The van der Waals surface area contributed by atoms with Gasteiger partial charge in [-0.3, -0.25) is 9.59 Å². The number of carbonyl (C=O) groups is 2. The number of carbonyl (C=O) groups excluding carboxylic acids is 2. The molecule has 0 aliphatic carbocycles. The van der Waals surface area contributed by atoms with Crippen LogP contribution in [0, 0.1) is 0 Å². The van der Waals surface area contributed by atoms with Crippen molar-refractivity contribution in [1.82, 2.24) is 0 Å². The molecule has 0 unspecified atom stereocenters. The quantitative estimate of drug-likeness (QED) is 0.614. The molecular formula is C19H14Cl2N2O4. The van der Waals surface area contributed by atoms with Crippen LogP contribution in [0.5, 0.6) is 5.75 Å². The van der Waals surface area contributed by atoms with Crippen molar-refractivity contribution in [2.75, 3.05) is 17.2 Å². The smallest absolute Gasteiger partial charge is 0.291 e. The van der Waals surface area contributed by atoms with Crippen LogP contribution in [0.2, 0.25) is 10.0 Å². The Morgan fingerprint density at radius 1 is 0.963 bits per heavy atom. The molecule has 3 rings (SSSR count). The molecule has 0 saturated carbocycles. The summed E-state index contributed by atoms with van der Waals surface area (Å²) < 4.78 is 10.4. The van der Waals surface area contributed by atoms with Crippen LogP contribution >= 0.6 is 23.2 Å². The van der Waals surface area contributed by atoms with E-state index in [0.717, 1.165) is 0 Å². The standard InChI is InChI=1S/C19H14Cl2N2O4/c20-12-6-7-15(21)17(9-12)27-11-18(24)22-13-3-1-4-14(10-13)23-19(25)16-5-2-8-26-16/h1-10H,11H2,(H,22,24)(H,23,25). The lowest BCUT2D eigenvalue weighted by Crippen LogP contribution is -2.20. The number of furan rings is 1. The van der Waals surface area contributed by atoms with Crippen LogP contribution in [0.25, 0.3) is 0 Å². The maximum atomic E-state index is 12.1. The predicted octanol–water partition coefficient (Wildman–Crippen LogP) is 4.86. The Bertz CT molecular complexity index is 958. The third-order valence-corrected chi connectivity index (χ3v) is 3.95. The lowest BCUT2D eigenvalue weighted by atomic mass is 10.2. The Hall–Kier alpha value is -2.96. The molecule has 1 heterocycles.